The van der Waals surface area contributed by atoms with E-state index in [1.807, 2.05) is 0 Å². The van der Waals surface area contributed by atoms with Gasteiger partial charge in [-0.2, -0.15) is 5.26 Å². The van der Waals surface area contributed by atoms with Crippen LogP contribution in [0.2, 0.25) is 0 Å². The Bertz CT molecular complexity index is 181. The molecule has 2 atom stereocenters. The Kier molecular flexibility index (Phi) is 3.11. The van der Waals surface area contributed by atoms with E-state index in [1.165, 1.54) is 0 Å². The van der Waals surface area contributed by atoms with Crippen molar-refractivity contribution < 1.29 is 0 Å². The molecule has 0 aromatic carbocycles. The fourth-order valence-corrected chi connectivity index (χ4v) is 2.07. The van der Waals surface area contributed by atoms with Crippen molar-refractivity contribution in [2.45, 2.75) is 45.7 Å². The van der Waals surface area contributed by atoms with Crippen molar-refractivity contribution in [1.82, 2.24) is 4.90 Å². The number of likely N-dealkylation sites (tertiary alicyclic amines) is 1. The Morgan fingerprint density at radius 2 is 2.17 bits per heavy atom. The number of rotatable bonds is 1. The van der Waals surface area contributed by atoms with Gasteiger partial charge in [-0.25, -0.2) is 0 Å². The van der Waals surface area contributed by atoms with Gasteiger partial charge in [-0.15, -0.1) is 0 Å². The summed E-state index contributed by atoms with van der Waals surface area (Å²) in [5.41, 5.74) is 0. The summed E-state index contributed by atoms with van der Waals surface area (Å²) in [5, 5.41) is 8.77. The summed E-state index contributed by atoms with van der Waals surface area (Å²) in [6.45, 7) is 7.77. The van der Waals surface area contributed by atoms with Crippen LogP contribution in [-0.4, -0.2) is 23.5 Å². The van der Waals surface area contributed by atoms with Crippen molar-refractivity contribution in [3.8, 4) is 6.07 Å². The molecule has 0 aromatic rings. The van der Waals surface area contributed by atoms with Crippen LogP contribution in [0.25, 0.3) is 0 Å². The van der Waals surface area contributed by atoms with Crippen LogP contribution in [-0.2, 0) is 0 Å². The molecule has 2 nitrogen and oxygen atoms in total. The molecule has 68 valence electrons. The van der Waals surface area contributed by atoms with E-state index in [9.17, 15) is 0 Å². The van der Waals surface area contributed by atoms with Gasteiger partial charge in [0.05, 0.1) is 6.07 Å². The number of piperidine rings is 1. The lowest BCUT2D eigenvalue weighted by molar-refractivity contribution is 0.106. The summed E-state index contributed by atoms with van der Waals surface area (Å²) < 4.78 is 0. The van der Waals surface area contributed by atoms with Crippen molar-refractivity contribution in [2.24, 2.45) is 5.92 Å². The van der Waals surface area contributed by atoms with E-state index in [-0.39, 0.29) is 0 Å². The van der Waals surface area contributed by atoms with Crippen LogP contribution in [0.3, 0.4) is 0 Å². The Morgan fingerprint density at radius 3 is 2.58 bits per heavy atom. The molecule has 0 aliphatic carbocycles. The molecule has 2 heteroatoms. The highest BCUT2D eigenvalue weighted by Gasteiger charge is 2.26. The lowest BCUT2D eigenvalue weighted by atomic mass is 9.92. The van der Waals surface area contributed by atoms with Gasteiger partial charge < -0.3 is 0 Å². The summed E-state index contributed by atoms with van der Waals surface area (Å²) in [4.78, 5) is 2.48. The topological polar surface area (TPSA) is 27.0 Å². The third-order valence-electron chi connectivity index (χ3n) is 2.77. The first-order chi connectivity index (χ1) is 5.65. The molecule has 1 heterocycles. The molecule has 0 amide bonds. The lowest BCUT2D eigenvalue weighted by Crippen LogP contribution is -2.44. The van der Waals surface area contributed by atoms with Crippen LogP contribution in [0.15, 0.2) is 0 Å². The van der Waals surface area contributed by atoms with Gasteiger partial charge in [-0.05, 0) is 40.2 Å². The largest absolute Gasteiger partial charge is 0.298 e. The highest BCUT2D eigenvalue weighted by Crippen LogP contribution is 2.23. The highest BCUT2D eigenvalue weighted by atomic mass is 15.2. The average Bonchev–Trinajstić information content (AvgIpc) is 2.03. The Balaban J connectivity index is 2.49. The minimum absolute atomic E-state index is 0.301. The molecule has 0 spiro atoms. The van der Waals surface area contributed by atoms with E-state index in [0.717, 1.165) is 19.4 Å². The van der Waals surface area contributed by atoms with E-state index >= 15 is 0 Å². The molecule has 1 aliphatic rings. The van der Waals surface area contributed by atoms with Crippen LogP contribution in [0, 0.1) is 17.2 Å². The van der Waals surface area contributed by atoms with E-state index in [4.69, 9.17) is 5.26 Å². The fraction of sp³-hybridized carbons (Fsp3) is 0.900. The van der Waals surface area contributed by atoms with E-state index in [0.29, 0.717) is 18.0 Å². The molecule has 1 saturated heterocycles. The third kappa shape index (κ3) is 1.98. The normalized spacial score (nSPS) is 31.9. The van der Waals surface area contributed by atoms with Gasteiger partial charge in [0, 0.05) is 18.0 Å². The van der Waals surface area contributed by atoms with E-state index < -0.39 is 0 Å². The number of nitrogens with zero attached hydrogens (tertiary/aromatic N) is 2. The van der Waals surface area contributed by atoms with Crippen molar-refractivity contribution in [3.05, 3.63) is 0 Å². The minimum Gasteiger partial charge on any atom is -0.298 e. The van der Waals surface area contributed by atoms with Gasteiger partial charge >= 0.3 is 0 Å². The summed E-state index contributed by atoms with van der Waals surface area (Å²) in [5.74, 6) is 0.301. The lowest BCUT2D eigenvalue weighted by Gasteiger charge is -2.38. The van der Waals surface area contributed by atoms with Gasteiger partial charge in [0.1, 0.15) is 0 Å². The predicted molar refractivity (Wildman–Crippen MR) is 49.6 cm³/mol. The van der Waals surface area contributed by atoms with Crippen molar-refractivity contribution >= 4 is 0 Å². The molecule has 1 aliphatic heterocycles. The first-order valence-electron chi connectivity index (χ1n) is 4.80. The van der Waals surface area contributed by atoms with Crippen LogP contribution in [0.4, 0.5) is 0 Å². The molecule has 0 radical (unpaired) electrons. The quantitative estimate of drug-likeness (QED) is 0.596. The van der Waals surface area contributed by atoms with Crippen LogP contribution >= 0.6 is 0 Å². The van der Waals surface area contributed by atoms with E-state index in [2.05, 4.69) is 31.7 Å². The summed E-state index contributed by atoms with van der Waals surface area (Å²) >= 11 is 0. The number of hydrogen-bond acceptors (Lipinski definition) is 2. The predicted octanol–water partition coefficient (Wildman–Crippen LogP) is 2.02. The standard InChI is InChI=1S/C10H18N2/c1-8(2)12-5-4-10(7-11)6-9(12)3/h8-10H,4-6H2,1-3H3/t9-,10+/m0/s1. The van der Waals surface area contributed by atoms with Crippen LogP contribution < -0.4 is 0 Å². The Hall–Kier alpha value is -0.550. The molecule has 0 bridgehead atoms. The Morgan fingerprint density at radius 1 is 1.50 bits per heavy atom. The van der Waals surface area contributed by atoms with Crippen LogP contribution in [0.1, 0.15) is 33.6 Å². The molecular weight excluding hydrogens is 148 g/mol. The maximum absolute atomic E-state index is 8.77. The maximum Gasteiger partial charge on any atom is 0.0656 e. The maximum atomic E-state index is 8.77. The molecule has 0 aromatic heterocycles. The second-order valence-corrected chi connectivity index (χ2v) is 4.03. The summed E-state index contributed by atoms with van der Waals surface area (Å²) in [6, 6.07) is 3.58. The smallest absolute Gasteiger partial charge is 0.0656 e. The first kappa shape index (κ1) is 9.54. The second kappa shape index (κ2) is 3.91. The highest BCUT2D eigenvalue weighted by molar-refractivity contribution is 4.91. The molecule has 0 saturated carbocycles. The fourth-order valence-electron chi connectivity index (χ4n) is 2.07. The zero-order chi connectivity index (χ0) is 9.14. The average molecular weight is 166 g/mol. The molecular formula is C10H18N2. The molecule has 0 unspecified atom stereocenters. The van der Waals surface area contributed by atoms with Gasteiger partial charge in [0.15, 0.2) is 0 Å². The molecule has 12 heavy (non-hydrogen) atoms. The zero-order valence-corrected chi connectivity index (χ0v) is 8.25. The zero-order valence-electron chi connectivity index (χ0n) is 8.25. The van der Waals surface area contributed by atoms with Crippen molar-refractivity contribution in [3.63, 3.8) is 0 Å². The monoisotopic (exact) mass is 166 g/mol. The summed E-state index contributed by atoms with van der Waals surface area (Å²) in [6.07, 6.45) is 2.10. The summed E-state index contributed by atoms with van der Waals surface area (Å²) in [7, 11) is 0. The molecule has 1 fully saturated rings. The Labute approximate surface area is 75.2 Å². The van der Waals surface area contributed by atoms with Crippen LogP contribution in [0.5, 0.6) is 0 Å². The second-order valence-electron chi connectivity index (χ2n) is 4.03. The van der Waals surface area contributed by atoms with Gasteiger partial charge in [0.2, 0.25) is 0 Å². The number of nitriles is 1. The van der Waals surface area contributed by atoms with Gasteiger partial charge in [0.25, 0.3) is 0 Å². The first-order valence-corrected chi connectivity index (χ1v) is 4.80. The number of hydrogen-bond donors (Lipinski definition) is 0. The molecule has 1 rings (SSSR count). The van der Waals surface area contributed by atoms with Crippen molar-refractivity contribution in [1.29, 1.82) is 5.26 Å². The van der Waals surface area contributed by atoms with Gasteiger partial charge in [-0.3, -0.25) is 4.90 Å². The van der Waals surface area contributed by atoms with Crippen molar-refractivity contribution in [2.75, 3.05) is 6.54 Å². The third-order valence-corrected chi connectivity index (χ3v) is 2.77. The van der Waals surface area contributed by atoms with E-state index in [1.54, 1.807) is 0 Å². The van der Waals surface area contributed by atoms with Gasteiger partial charge in [-0.1, -0.05) is 0 Å². The SMILES string of the molecule is CC(C)N1CC[C@@H](C#N)C[C@@H]1C. The molecule has 0 N–H and O–H groups in total. The minimum atomic E-state index is 0.301.